The molecule has 8 N–H and O–H groups in total. The number of H-pyrrole nitrogens is 1. The van der Waals surface area contributed by atoms with E-state index in [4.69, 9.17) is 23.0 Å². The van der Waals surface area contributed by atoms with Gasteiger partial charge in [-0.05, 0) is 0 Å². The Balaban J connectivity index is 1.94. The number of nitrogens with zero attached hydrogens (tertiary/aromatic N) is 3. The number of aliphatic hydroxyl groups excluding tert-OH is 1. The highest BCUT2D eigenvalue weighted by atomic mass is 31.3. The molecule has 0 saturated carbocycles. The molecule has 1 aliphatic heterocycles. The van der Waals surface area contributed by atoms with E-state index in [-0.39, 0.29) is 0 Å². The maximum absolute atomic E-state index is 15.5. The number of aromatic amines is 1. The average Bonchev–Trinajstić information content (AvgIpc) is 3.17. The summed E-state index contributed by atoms with van der Waals surface area (Å²) in [5.41, 5.74) is 0.0558. The van der Waals surface area contributed by atoms with E-state index < -0.39 is 83.5 Å². The summed E-state index contributed by atoms with van der Waals surface area (Å²) >= 11 is 0. The third-order valence-electron chi connectivity index (χ3n) is 4.07. The van der Waals surface area contributed by atoms with Crippen LogP contribution in [0.15, 0.2) is 11.1 Å². The van der Waals surface area contributed by atoms with Gasteiger partial charge in [0, 0.05) is 0 Å². The van der Waals surface area contributed by atoms with E-state index in [2.05, 4.69) is 28.1 Å². The van der Waals surface area contributed by atoms with Crippen molar-refractivity contribution in [1.29, 1.82) is 0 Å². The molecule has 0 radical (unpaired) electrons. The number of halogens is 2. The van der Waals surface area contributed by atoms with Crippen molar-refractivity contribution in [1.82, 2.24) is 19.5 Å². The molecule has 0 spiro atoms. The number of nitrogen functional groups attached to an aromatic ring is 1. The smallest absolute Gasteiger partial charge is 0.387 e. The van der Waals surface area contributed by atoms with Crippen molar-refractivity contribution >= 4 is 40.6 Å². The van der Waals surface area contributed by atoms with E-state index in [1.54, 1.807) is 0 Å². The quantitative estimate of drug-likeness (QED) is 0.181. The minimum Gasteiger partial charge on any atom is -0.387 e. The molecule has 0 aromatic carbocycles. The largest absolute Gasteiger partial charge is 0.490 e. The first kappa shape index (κ1) is 24.1. The van der Waals surface area contributed by atoms with E-state index in [1.807, 2.05) is 0 Å². The van der Waals surface area contributed by atoms with E-state index >= 15 is 4.39 Å². The Morgan fingerprint density at radius 2 is 1.94 bits per heavy atom. The van der Waals surface area contributed by atoms with Crippen molar-refractivity contribution < 1.29 is 67.8 Å². The number of hydrogen-bond acceptors (Lipinski definition) is 12. The zero-order valence-corrected chi connectivity index (χ0v) is 18.7. The topological polar surface area (TPSA) is 279 Å². The summed E-state index contributed by atoms with van der Waals surface area (Å²) in [6.07, 6.45) is -7.11. The highest BCUT2D eigenvalue weighted by molar-refractivity contribution is 7.66. The van der Waals surface area contributed by atoms with E-state index in [0.29, 0.717) is 10.9 Å². The number of anilines is 1. The van der Waals surface area contributed by atoms with Crippen LogP contribution in [0.5, 0.6) is 0 Å². The lowest BCUT2D eigenvalue weighted by molar-refractivity contribution is -0.0686. The highest BCUT2D eigenvalue weighted by Crippen LogP contribution is 2.66. The minimum absolute atomic E-state index is 0.441. The SMILES string of the molecule is [2H]C([2H])(OP(=O)(O)OP(=O)(O)OP(=O)(O)O)[C@H]1O[C@@H](n2cnc3c(=O)[nH]c(N)nc32)C(F)(CF)[C@H]1O. The number of aliphatic hydroxyl groups is 1. The number of phosphoric acid groups is 3. The second-order valence-electron chi connectivity index (χ2n) is 6.49. The molecule has 34 heavy (non-hydrogen) atoms. The van der Waals surface area contributed by atoms with Gasteiger partial charge in [0.25, 0.3) is 5.56 Å². The number of alkyl halides is 2. The number of rotatable bonds is 9. The molecule has 3 unspecified atom stereocenters. The van der Waals surface area contributed by atoms with Gasteiger partial charge in [-0.15, -0.1) is 0 Å². The molecule has 2 aromatic heterocycles. The van der Waals surface area contributed by atoms with Gasteiger partial charge < -0.3 is 35.2 Å². The van der Waals surface area contributed by atoms with Gasteiger partial charge in [-0.1, -0.05) is 0 Å². The molecule has 3 rings (SSSR count). The predicted octanol–water partition coefficient (Wildman–Crippen LogP) is -1.02. The molecule has 1 saturated heterocycles. The molecule has 1 fully saturated rings. The Kier molecular flexibility index (Phi) is 6.43. The molecule has 0 bridgehead atoms. The number of ether oxygens (including phenoxy) is 1. The third-order valence-corrected chi connectivity index (χ3v) is 7.74. The second kappa shape index (κ2) is 9.09. The summed E-state index contributed by atoms with van der Waals surface area (Å²) in [5.74, 6) is -0.489. The lowest BCUT2D eigenvalue weighted by Crippen LogP contribution is -2.45. The fraction of sp³-hybridized carbons (Fsp3) is 0.545. The molecule has 23 heteroatoms. The Bertz CT molecular complexity index is 1370. The summed E-state index contributed by atoms with van der Waals surface area (Å²) in [7, 11) is -18.0. The predicted molar refractivity (Wildman–Crippen MR) is 102 cm³/mol. The van der Waals surface area contributed by atoms with Crippen LogP contribution in [0.3, 0.4) is 0 Å². The molecule has 0 aliphatic carbocycles. The Morgan fingerprint density at radius 3 is 2.53 bits per heavy atom. The van der Waals surface area contributed by atoms with Crippen molar-refractivity contribution in [3.63, 3.8) is 0 Å². The van der Waals surface area contributed by atoms with E-state index in [0.717, 1.165) is 0 Å². The number of nitrogens with one attached hydrogen (secondary N) is 1. The van der Waals surface area contributed by atoms with E-state index in [1.165, 1.54) is 0 Å². The summed E-state index contributed by atoms with van der Waals surface area (Å²) in [6, 6.07) is 0. The van der Waals surface area contributed by atoms with Gasteiger partial charge >= 0.3 is 23.5 Å². The number of hydrogen-bond donors (Lipinski definition) is 7. The van der Waals surface area contributed by atoms with Gasteiger partial charge in [0.1, 0.15) is 18.9 Å². The fourth-order valence-electron chi connectivity index (χ4n) is 2.79. The first-order chi connectivity index (χ1) is 16.2. The normalized spacial score (nSPS) is 30.5. The van der Waals surface area contributed by atoms with Crippen LogP contribution in [0.2, 0.25) is 0 Å². The van der Waals surface area contributed by atoms with Crippen molar-refractivity contribution in [2.45, 2.75) is 24.1 Å². The summed E-state index contributed by atoms with van der Waals surface area (Å²) in [6.45, 7) is -5.88. The summed E-state index contributed by atoms with van der Waals surface area (Å²) in [4.78, 5) is 57.1. The van der Waals surface area contributed by atoms with Gasteiger partial charge in [-0.25, -0.2) is 27.5 Å². The van der Waals surface area contributed by atoms with Gasteiger partial charge in [-0.2, -0.15) is 13.6 Å². The van der Waals surface area contributed by atoms with Crippen LogP contribution in [0.25, 0.3) is 11.2 Å². The van der Waals surface area contributed by atoms with Crippen molar-refractivity contribution in [3.05, 3.63) is 16.7 Å². The maximum Gasteiger partial charge on any atom is 0.490 e. The Morgan fingerprint density at radius 1 is 1.29 bits per heavy atom. The number of nitrogens with two attached hydrogens (primary N) is 1. The highest BCUT2D eigenvalue weighted by Gasteiger charge is 2.59. The van der Waals surface area contributed by atoms with Gasteiger partial charge in [0.2, 0.25) is 11.6 Å². The molecule has 6 atom stereocenters. The molecule has 192 valence electrons. The van der Waals surface area contributed by atoms with Crippen LogP contribution in [-0.4, -0.2) is 75.3 Å². The molecule has 1 aliphatic rings. The number of fused-ring (bicyclic) bond motifs is 1. The zero-order chi connectivity index (χ0) is 27.5. The third kappa shape index (κ3) is 5.59. The van der Waals surface area contributed by atoms with Crippen molar-refractivity contribution in [2.75, 3.05) is 19.0 Å². The molecule has 18 nitrogen and oxygen atoms in total. The lowest BCUT2D eigenvalue weighted by atomic mass is 9.97. The van der Waals surface area contributed by atoms with Gasteiger partial charge in [0.05, 0.1) is 15.6 Å². The summed E-state index contributed by atoms with van der Waals surface area (Å²) in [5, 5.41) is 10.3. The van der Waals surface area contributed by atoms with Crippen LogP contribution < -0.4 is 11.3 Å². The van der Waals surface area contributed by atoms with Crippen LogP contribution in [0.4, 0.5) is 14.7 Å². The second-order valence-corrected chi connectivity index (χ2v) is 10.8. The first-order valence-electron chi connectivity index (χ1n) is 9.37. The summed E-state index contributed by atoms with van der Waals surface area (Å²) < 4.78 is 95.5. The number of aromatic nitrogens is 4. The molecule has 3 heterocycles. The monoisotopic (exact) mass is 559 g/mol. The molecular formula is C11H16F2N5O13P3. The molecular weight excluding hydrogens is 541 g/mol. The average molecular weight is 559 g/mol. The van der Waals surface area contributed by atoms with Crippen molar-refractivity contribution in [3.8, 4) is 0 Å². The van der Waals surface area contributed by atoms with Crippen LogP contribution in [0.1, 0.15) is 8.97 Å². The Hall–Kier alpha value is -1.66. The number of imidazole rings is 1. The van der Waals surface area contributed by atoms with E-state index in [9.17, 15) is 37.8 Å². The minimum atomic E-state index is -6.14. The van der Waals surface area contributed by atoms with Crippen LogP contribution >= 0.6 is 23.5 Å². The standard InChI is InChI=1S/C11H16F2N5O13P3/c12-2-11(13)6(19)4(1-28-33(24,25)31-34(26,27)30-32(21,22)23)29-9(11)18-3-15-5-7(18)16-10(14)17-8(5)20/h3-4,6,9,19H,1-2H2,(H,24,25)(H,26,27)(H2,21,22,23)(H3,14,16,17,20)/t4-,6+,9-,11?/m1/s1/i1D2. The van der Waals surface area contributed by atoms with Gasteiger partial charge in [0.15, 0.2) is 17.4 Å². The van der Waals surface area contributed by atoms with Crippen LogP contribution in [-0.2, 0) is 31.6 Å². The number of phosphoric ester groups is 1. The Labute approximate surface area is 188 Å². The fourth-order valence-corrected chi connectivity index (χ4v) is 5.66. The lowest BCUT2D eigenvalue weighted by Gasteiger charge is -2.26. The maximum atomic E-state index is 15.5. The molecule has 2 aromatic rings. The van der Waals surface area contributed by atoms with Crippen molar-refractivity contribution in [2.24, 2.45) is 0 Å². The van der Waals surface area contributed by atoms with Gasteiger partial charge in [-0.3, -0.25) is 18.9 Å². The van der Waals surface area contributed by atoms with Crippen LogP contribution in [0, 0.1) is 0 Å². The molecule has 0 amide bonds. The zero-order valence-electron chi connectivity index (χ0n) is 18.0. The first-order valence-corrected chi connectivity index (χ1v) is 12.9.